The molecule has 1 heterocycles. The number of H-pyrrole nitrogens is 2. The number of benzene rings is 2. The number of fused-ring (bicyclic) bond motifs is 1. The SMILES string of the molecule is O=C(Cc1ccc(Cl)c(Cl)c1)c1ccc2[nH]c(=O)[nH]c2c1. The number of carbonyl (C=O) groups is 1. The first-order valence-corrected chi connectivity index (χ1v) is 6.98. The Morgan fingerprint density at radius 3 is 2.48 bits per heavy atom. The molecule has 0 amide bonds. The number of carbonyl (C=O) groups excluding carboxylic acids is 1. The third kappa shape index (κ3) is 2.86. The Morgan fingerprint density at radius 1 is 0.952 bits per heavy atom. The minimum atomic E-state index is -0.293. The zero-order chi connectivity index (χ0) is 15.0. The van der Waals surface area contributed by atoms with E-state index >= 15 is 0 Å². The number of hydrogen-bond donors (Lipinski definition) is 2. The maximum absolute atomic E-state index is 12.3. The molecule has 0 bridgehead atoms. The Balaban J connectivity index is 1.89. The van der Waals surface area contributed by atoms with Crippen LogP contribution in [0.3, 0.4) is 0 Å². The predicted molar refractivity (Wildman–Crippen MR) is 83.4 cm³/mol. The number of imidazole rings is 1. The highest BCUT2D eigenvalue weighted by atomic mass is 35.5. The lowest BCUT2D eigenvalue weighted by molar-refractivity contribution is 0.0993. The van der Waals surface area contributed by atoms with Crippen molar-refractivity contribution < 1.29 is 4.79 Å². The number of nitrogens with one attached hydrogen (secondary N) is 2. The average molecular weight is 321 g/mol. The Bertz CT molecular complexity index is 896. The summed E-state index contributed by atoms with van der Waals surface area (Å²) in [6, 6.07) is 10.2. The van der Waals surface area contributed by atoms with Crippen LogP contribution in [0.5, 0.6) is 0 Å². The van der Waals surface area contributed by atoms with Gasteiger partial charge in [-0.1, -0.05) is 29.3 Å². The smallest absolute Gasteiger partial charge is 0.306 e. The largest absolute Gasteiger partial charge is 0.323 e. The Labute approximate surface area is 129 Å². The Hall–Kier alpha value is -2.04. The fraction of sp³-hybridized carbons (Fsp3) is 0.0667. The second-order valence-electron chi connectivity index (χ2n) is 4.69. The van der Waals surface area contributed by atoms with Gasteiger partial charge in [-0.3, -0.25) is 4.79 Å². The van der Waals surface area contributed by atoms with Crippen molar-refractivity contribution in [3.8, 4) is 0 Å². The third-order valence-electron chi connectivity index (χ3n) is 3.19. The van der Waals surface area contributed by atoms with E-state index in [0.29, 0.717) is 26.6 Å². The van der Waals surface area contributed by atoms with Crippen LogP contribution in [0.25, 0.3) is 11.0 Å². The fourth-order valence-electron chi connectivity index (χ4n) is 2.14. The maximum atomic E-state index is 12.3. The fourth-order valence-corrected chi connectivity index (χ4v) is 2.46. The normalized spacial score (nSPS) is 11.0. The molecule has 0 atom stereocenters. The van der Waals surface area contributed by atoms with Crippen LogP contribution in [0.15, 0.2) is 41.2 Å². The maximum Gasteiger partial charge on any atom is 0.323 e. The summed E-state index contributed by atoms with van der Waals surface area (Å²) in [7, 11) is 0. The molecule has 3 aromatic rings. The van der Waals surface area contributed by atoms with Crippen molar-refractivity contribution in [2.24, 2.45) is 0 Å². The summed E-state index contributed by atoms with van der Waals surface area (Å²) in [4.78, 5) is 28.8. The highest BCUT2D eigenvalue weighted by molar-refractivity contribution is 6.42. The molecule has 0 radical (unpaired) electrons. The second-order valence-corrected chi connectivity index (χ2v) is 5.50. The predicted octanol–water partition coefficient (Wildman–Crippen LogP) is 3.59. The van der Waals surface area contributed by atoms with E-state index < -0.39 is 0 Å². The molecule has 0 aliphatic carbocycles. The molecule has 21 heavy (non-hydrogen) atoms. The van der Waals surface area contributed by atoms with E-state index in [1.54, 1.807) is 36.4 Å². The standard InChI is InChI=1S/C15H10Cl2N2O2/c16-10-3-1-8(5-11(10)17)6-14(20)9-2-4-12-13(7-9)19-15(21)18-12/h1-5,7H,6H2,(H2,18,19,21). The van der Waals surface area contributed by atoms with E-state index in [1.807, 2.05) is 0 Å². The third-order valence-corrected chi connectivity index (χ3v) is 3.93. The molecule has 0 fully saturated rings. The van der Waals surface area contributed by atoms with Crippen LogP contribution in [0.2, 0.25) is 10.0 Å². The molecule has 0 spiro atoms. The van der Waals surface area contributed by atoms with Gasteiger partial charge in [-0.15, -0.1) is 0 Å². The summed E-state index contributed by atoms with van der Waals surface area (Å²) in [5.74, 6) is -0.0580. The van der Waals surface area contributed by atoms with E-state index in [2.05, 4.69) is 9.97 Å². The lowest BCUT2D eigenvalue weighted by atomic mass is 10.0. The van der Waals surface area contributed by atoms with Crippen LogP contribution in [-0.4, -0.2) is 15.8 Å². The van der Waals surface area contributed by atoms with Crippen LogP contribution in [0.1, 0.15) is 15.9 Å². The number of aromatic nitrogens is 2. The summed E-state index contributed by atoms with van der Waals surface area (Å²) in [5.41, 5.74) is 2.31. The molecule has 0 saturated heterocycles. The summed E-state index contributed by atoms with van der Waals surface area (Å²) >= 11 is 11.8. The van der Waals surface area contributed by atoms with E-state index in [-0.39, 0.29) is 17.9 Å². The van der Waals surface area contributed by atoms with E-state index in [4.69, 9.17) is 23.2 Å². The molecule has 0 aliphatic rings. The minimum absolute atomic E-state index is 0.0580. The molecule has 106 valence electrons. The molecule has 2 N–H and O–H groups in total. The summed E-state index contributed by atoms with van der Waals surface area (Å²) in [5, 5.41) is 0.881. The van der Waals surface area contributed by atoms with Gasteiger partial charge in [0, 0.05) is 12.0 Å². The van der Waals surface area contributed by atoms with Crippen molar-refractivity contribution in [3.63, 3.8) is 0 Å². The molecule has 2 aromatic carbocycles. The van der Waals surface area contributed by atoms with Gasteiger partial charge < -0.3 is 9.97 Å². The van der Waals surface area contributed by atoms with E-state index in [1.165, 1.54) is 0 Å². The molecule has 1 aromatic heterocycles. The average Bonchev–Trinajstić information content (AvgIpc) is 2.82. The Morgan fingerprint density at radius 2 is 1.71 bits per heavy atom. The number of halogens is 2. The number of Topliss-reactive ketones (excluding diaryl/α,β-unsaturated/α-hetero) is 1. The topological polar surface area (TPSA) is 65.7 Å². The van der Waals surface area contributed by atoms with Crippen LogP contribution in [-0.2, 0) is 6.42 Å². The first-order chi connectivity index (χ1) is 10.0. The lowest BCUT2D eigenvalue weighted by Gasteiger charge is -2.03. The molecular formula is C15H10Cl2N2O2. The summed E-state index contributed by atoms with van der Waals surface area (Å²) in [6.07, 6.45) is 0.219. The molecule has 6 heteroatoms. The summed E-state index contributed by atoms with van der Waals surface area (Å²) < 4.78 is 0. The van der Waals surface area contributed by atoms with Gasteiger partial charge in [-0.05, 0) is 35.9 Å². The van der Waals surface area contributed by atoms with Crippen molar-refractivity contribution in [2.75, 3.05) is 0 Å². The number of hydrogen-bond acceptors (Lipinski definition) is 2. The molecule has 0 aliphatic heterocycles. The minimum Gasteiger partial charge on any atom is -0.306 e. The van der Waals surface area contributed by atoms with Gasteiger partial charge in [0.15, 0.2) is 5.78 Å². The van der Waals surface area contributed by atoms with E-state index in [9.17, 15) is 9.59 Å². The van der Waals surface area contributed by atoms with Crippen LogP contribution >= 0.6 is 23.2 Å². The number of aromatic amines is 2. The van der Waals surface area contributed by atoms with Crippen LogP contribution < -0.4 is 5.69 Å². The quantitative estimate of drug-likeness (QED) is 0.724. The second kappa shape index (κ2) is 5.39. The van der Waals surface area contributed by atoms with Gasteiger partial charge in [-0.25, -0.2) is 4.79 Å². The van der Waals surface area contributed by atoms with Gasteiger partial charge in [0.1, 0.15) is 0 Å². The Kier molecular flexibility index (Phi) is 3.57. The van der Waals surface area contributed by atoms with Crippen molar-refractivity contribution >= 4 is 40.0 Å². The van der Waals surface area contributed by atoms with Crippen molar-refractivity contribution in [1.82, 2.24) is 9.97 Å². The van der Waals surface area contributed by atoms with Gasteiger partial charge >= 0.3 is 5.69 Å². The van der Waals surface area contributed by atoms with Gasteiger partial charge in [0.2, 0.25) is 0 Å². The molecule has 0 saturated carbocycles. The van der Waals surface area contributed by atoms with E-state index in [0.717, 1.165) is 5.56 Å². The summed E-state index contributed by atoms with van der Waals surface area (Å²) in [6.45, 7) is 0. The first kappa shape index (κ1) is 13.9. The molecule has 3 rings (SSSR count). The zero-order valence-electron chi connectivity index (χ0n) is 10.7. The van der Waals surface area contributed by atoms with Crippen LogP contribution in [0, 0.1) is 0 Å². The van der Waals surface area contributed by atoms with Gasteiger partial charge in [0.25, 0.3) is 0 Å². The highest BCUT2D eigenvalue weighted by Gasteiger charge is 2.10. The number of rotatable bonds is 3. The highest BCUT2D eigenvalue weighted by Crippen LogP contribution is 2.23. The molecule has 0 unspecified atom stereocenters. The first-order valence-electron chi connectivity index (χ1n) is 6.22. The van der Waals surface area contributed by atoms with Crippen molar-refractivity contribution in [1.29, 1.82) is 0 Å². The molecular weight excluding hydrogens is 311 g/mol. The monoisotopic (exact) mass is 320 g/mol. The van der Waals surface area contributed by atoms with Crippen LogP contribution in [0.4, 0.5) is 0 Å². The van der Waals surface area contributed by atoms with Gasteiger partial charge in [-0.2, -0.15) is 0 Å². The molecule has 4 nitrogen and oxygen atoms in total. The zero-order valence-corrected chi connectivity index (χ0v) is 12.3. The lowest BCUT2D eigenvalue weighted by Crippen LogP contribution is -2.03. The van der Waals surface area contributed by atoms with Gasteiger partial charge in [0.05, 0.1) is 21.1 Å². The van der Waals surface area contributed by atoms with Crippen molar-refractivity contribution in [3.05, 3.63) is 68.1 Å². The van der Waals surface area contributed by atoms with Crippen molar-refractivity contribution in [2.45, 2.75) is 6.42 Å². The number of ketones is 1.